The first-order chi connectivity index (χ1) is 7.58. The van der Waals surface area contributed by atoms with Crippen molar-refractivity contribution in [2.75, 3.05) is 12.4 Å². The van der Waals surface area contributed by atoms with Gasteiger partial charge in [0, 0.05) is 17.0 Å². The zero-order valence-electron chi connectivity index (χ0n) is 9.14. The topological polar surface area (TPSA) is 38.3 Å². The molecule has 0 bridgehead atoms. The summed E-state index contributed by atoms with van der Waals surface area (Å²) in [7, 11) is 1.59. The molecule has 0 atom stereocenters. The lowest BCUT2D eigenvalue weighted by Gasteiger charge is -2.10. The van der Waals surface area contributed by atoms with E-state index in [-0.39, 0.29) is 5.91 Å². The van der Waals surface area contributed by atoms with Gasteiger partial charge in [-0.1, -0.05) is 6.92 Å². The Hall–Kier alpha value is -0.550. The first-order valence-electron chi connectivity index (χ1n) is 4.91. The highest BCUT2D eigenvalue weighted by Crippen LogP contribution is 2.34. The maximum Gasteiger partial charge on any atom is 0.224 e. The van der Waals surface area contributed by atoms with Gasteiger partial charge in [-0.3, -0.25) is 4.79 Å². The highest BCUT2D eigenvalue weighted by Gasteiger charge is 2.09. The van der Waals surface area contributed by atoms with E-state index >= 15 is 0 Å². The summed E-state index contributed by atoms with van der Waals surface area (Å²) >= 11 is 6.76. The molecule has 1 aromatic carbocycles. The summed E-state index contributed by atoms with van der Waals surface area (Å²) in [6, 6.07) is 3.63. The van der Waals surface area contributed by atoms with Crippen LogP contribution in [0.1, 0.15) is 19.8 Å². The Kier molecular flexibility index (Phi) is 5.28. The minimum Gasteiger partial charge on any atom is -0.495 e. The van der Waals surface area contributed by atoms with Crippen molar-refractivity contribution in [2.45, 2.75) is 19.8 Å². The predicted molar refractivity (Wildman–Crippen MR) is 71.9 cm³/mol. The molecular formula is C11H13Br2NO2. The molecule has 0 fully saturated rings. The number of benzene rings is 1. The van der Waals surface area contributed by atoms with Gasteiger partial charge in [0.1, 0.15) is 5.75 Å². The minimum atomic E-state index is 0.00701. The molecular weight excluding hydrogens is 338 g/mol. The van der Waals surface area contributed by atoms with Crippen LogP contribution < -0.4 is 10.1 Å². The highest BCUT2D eigenvalue weighted by molar-refractivity contribution is 9.11. The van der Waals surface area contributed by atoms with Crippen LogP contribution in [0.3, 0.4) is 0 Å². The van der Waals surface area contributed by atoms with Gasteiger partial charge in [0.2, 0.25) is 5.91 Å². The maximum absolute atomic E-state index is 11.5. The predicted octanol–water partition coefficient (Wildman–Crippen LogP) is 3.96. The van der Waals surface area contributed by atoms with E-state index in [4.69, 9.17) is 4.74 Å². The quantitative estimate of drug-likeness (QED) is 0.892. The van der Waals surface area contributed by atoms with Crippen molar-refractivity contribution < 1.29 is 9.53 Å². The van der Waals surface area contributed by atoms with Gasteiger partial charge in [0.15, 0.2) is 0 Å². The van der Waals surface area contributed by atoms with Gasteiger partial charge in [-0.05, 0) is 44.3 Å². The fraction of sp³-hybridized carbons (Fsp3) is 0.364. The van der Waals surface area contributed by atoms with Crippen LogP contribution >= 0.6 is 31.9 Å². The van der Waals surface area contributed by atoms with Crippen molar-refractivity contribution in [1.82, 2.24) is 0 Å². The number of methoxy groups -OCH3 is 1. The summed E-state index contributed by atoms with van der Waals surface area (Å²) in [6.07, 6.45) is 1.35. The Labute approximate surface area is 112 Å². The number of carbonyl (C=O) groups excluding carboxylic acids is 1. The van der Waals surface area contributed by atoms with Crippen molar-refractivity contribution in [1.29, 1.82) is 0 Å². The molecule has 0 radical (unpaired) electrons. The van der Waals surface area contributed by atoms with E-state index < -0.39 is 0 Å². The maximum atomic E-state index is 11.5. The van der Waals surface area contributed by atoms with Crippen molar-refractivity contribution in [3.8, 4) is 5.75 Å². The lowest BCUT2D eigenvalue weighted by Crippen LogP contribution is -2.11. The van der Waals surface area contributed by atoms with Gasteiger partial charge in [-0.25, -0.2) is 0 Å². The molecule has 0 unspecified atom stereocenters. The van der Waals surface area contributed by atoms with Crippen molar-refractivity contribution in [3.05, 3.63) is 21.1 Å². The molecule has 0 saturated carbocycles. The number of hydrogen-bond acceptors (Lipinski definition) is 2. The van der Waals surface area contributed by atoms with Crippen molar-refractivity contribution in [2.24, 2.45) is 0 Å². The molecule has 0 aliphatic carbocycles. The van der Waals surface area contributed by atoms with Gasteiger partial charge >= 0.3 is 0 Å². The smallest absolute Gasteiger partial charge is 0.224 e. The van der Waals surface area contributed by atoms with Gasteiger partial charge in [0.05, 0.1) is 17.3 Å². The van der Waals surface area contributed by atoms with E-state index in [9.17, 15) is 4.79 Å². The molecule has 1 rings (SSSR count). The molecule has 88 valence electrons. The van der Waals surface area contributed by atoms with E-state index in [1.807, 2.05) is 13.0 Å². The monoisotopic (exact) mass is 349 g/mol. The number of nitrogens with one attached hydrogen (secondary N) is 1. The zero-order valence-corrected chi connectivity index (χ0v) is 12.3. The summed E-state index contributed by atoms with van der Waals surface area (Å²) in [5, 5.41) is 2.83. The molecule has 5 heteroatoms. The number of halogens is 2. The van der Waals surface area contributed by atoms with Gasteiger partial charge in [-0.15, -0.1) is 0 Å². The molecule has 1 aromatic rings. The van der Waals surface area contributed by atoms with E-state index in [0.717, 1.165) is 21.1 Å². The van der Waals surface area contributed by atoms with Crippen LogP contribution in [0.4, 0.5) is 5.69 Å². The van der Waals surface area contributed by atoms with Crippen LogP contribution in [0.15, 0.2) is 21.1 Å². The molecule has 0 aliphatic rings. The molecule has 1 N–H and O–H groups in total. The van der Waals surface area contributed by atoms with Crippen molar-refractivity contribution in [3.63, 3.8) is 0 Å². The van der Waals surface area contributed by atoms with Crippen LogP contribution in [-0.4, -0.2) is 13.0 Å². The standard InChI is InChI=1S/C11H13Br2NO2/c1-3-4-11(15)14-9-6-10(16-2)8(13)5-7(9)12/h5-6H,3-4H2,1-2H3,(H,14,15). The second kappa shape index (κ2) is 6.25. The summed E-state index contributed by atoms with van der Waals surface area (Å²) in [4.78, 5) is 11.5. The zero-order chi connectivity index (χ0) is 12.1. The third-order valence-corrected chi connectivity index (χ3v) is 3.27. The summed E-state index contributed by atoms with van der Waals surface area (Å²) in [6.45, 7) is 1.97. The van der Waals surface area contributed by atoms with E-state index in [2.05, 4.69) is 37.2 Å². The summed E-state index contributed by atoms with van der Waals surface area (Å²) in [5.74, 6) is 0.697. The molecule has 1 amide bonds. The molecule has 0 aromatic heterocycles. The van der Waals surface area contributed by atoms with Crippen LogP contribution in [0.5, 0.6) is 5.75 Å². The SMILES string of the molecule is CCCC(=O)Nc1cc(OC)c(Br)cc1Br. The Morgan fingerprint density at radius 2 is 2.06 bits per heavy atom. The molecule has 0 heterocycles. The fourth-order valence-corrected chi connectivity index (χ4v) is 2.48. The number of hydrogen-bond donors (Lipinski definition) is 1. The number of amides is 1. The first-order valence-corrected chi connectivity index (χ1v) is 6.50. The first kappa shape index (κ1) is 13.5. The van der Waals surface area contributed by atoms with Gasteiger partial charge in [-0.2, -0.15) is 0 Å². The molecule has 0 aliphatic heterocycles. The normalized spacial score (nSPS) is 10.0. The van der Waals surface area contributed by atoms with E-state index in [1.54, 1.807) is 13.2 Å². The second-order valence-corrected chi connectivity index (χ2v) is 4.97. The largest absolute Gasteiger partial charge is 0.495 e. The van der Waals surface area contributed by atoms with Crippen LogP contribution in [0.2, 0.25) is 0 Å². The fourth-order valence-electron chi connectivity index (χ4n) is 1.22. The third-order valence-electron chi connectivity index (χ3n) is 1.99. The Morgan fingerprint density at radius 3 is 2.62 bits per heavy atom. The van der Waals surface area contributed by atoms with E-state index in [0.29, 0.717) is 12.2 Å². The Bertz CT molecular complexity index is 394. The van der Waals surface area contributed by atoms with Crippen molar-refractivity contribution >= 4 is 43.5 Å². The number of carbonyl (C=O) groups is 1. The highest BCUT2D eigenvalue weighted by atomic mass is 79.9. The lowest BCUT2D eigenvalue weighted by atomic mass is 10.2. The minimum absolute atomic E-state index is 0.00701. The molecule has 0 saturated heterocycles. The number of anilines is 1. The molecule has 0 spiro atoms. The third kappa shape index (κ3) is 3.49. The Balaban J connectivity index is 2.91. The van der Waals surface area contributed by atoms with Crippen LogP contribution in [-0.2, 0) is 4.79 Å². The van der Waals surface area contributed by atoms with Crippen LogP contribution in [0.25, 0.3) is 0 Å². The van der Waals surface area contributed by atoms with E-state index in [1.165, 1.54) is 0 Å². The average molecular weight is 351 g/mol. The average Bonchev–Trinajstić information content (AvgIpc) is 2.22. The molecule has 3 nitrogen and oxygen atoms in total. The summed E-state index contributed by atoms with van der Waals surface area (Å²) < 4.78 is 6.83. The summed E-state index contributed by atoms with van der Waals surface area (Å²) in [5.41, 5.74) is 0.721. The van der Waals surface area contributed by atoms with Crippen LogP contribution in [0, 0.1) is 0 Å². The Morgan fingerprint density at radius 1 is 1.38 bits per heavy atom. The number of ether oxygens (including phenoxy) is 1. The second-order valence-electron chi connectivity index (χ2n) is 3.26. The van der Waals surface area contributed by atoms with Gasteiger partial charge in [0.25, 0.3) is 0 Å². The number of rotatable bonds is 4. The lowest BCUT2D eigenvalue weighted by molar-refractivity contribution is -0.116. The van der Waals surface area contributed by atoms with Gasteiger partial charge < -0.3 is 10.1 Å². The molecule has 16 heavy (non-hydrogen) atoms.